The van der Waals surface area contributed by atoms with Gasteiger partial charge in [-0.2, -0.15) is 0 Å². The smallest absolute Gasteiger partial charge is 0.0190 e. The topological polar surface area (TPSA) is 0 Å². The molecule has 0 heterocycles. The third-order valence-electron chi connectivity index (χ3n) is 1.44. The van der Waals surface area contributed by atoms with Gasteiger partial charge in [-0.05, 0) is 11.1 Å². The minimum atomic E-state index is 0. The highest BCUT2D eigenvalue weighted by molar-refractivity contribution is 5.63. The summed E-state index contributed by atoms with van der Waals surface area (Å²) in [6, 6.07) is 8.02. The van der Waals surface area contributed by atoms with E-state index < -0.39 is 0 Å². The number of benzene rings is 1. The normalized spacial score (nSPS) is 6.67. The van der Waals surface area contributed by atoms with E-state index in [-0.39, 0.29) is 7.43 Å². The van der Waals surface area contributed by atoms with Crippen molar-refractivity contribution in [2.45, 2.75) is 35.1 Å². The van der Waals surface area contributed by atoms with Crippen molar-refractivity contribution in [3.8, 4) is 0 Å². The molecule has 0 aliphatic carbocycles. The predicted octanol–water partition coefficient (Wildman–Crippen LogP) is 5.66. The molecule has 86 valence electrons. The fourth-order valence-corrected chi connectivity index (χ4v) is 0.883. The van der Waals surface area contributed by atoms with E-state index in [2.05, 4.69) is 13.2 Å². The van der Waals surface area contributed by atoms with Gasteiger partial charge >= 0.3 is 0 Å². The van der Waals surface area contributed by atoms with Crippen molar-refractivity contribution < 1.29 is 0 Å². The first kappa shape index (κ1) is 19.3. The van der Waals surface area contributed by atoms with Crippen LogP contribution >= 0.6 is 0 Å². The van der Waals surface area contributed by atoms with Gasteiger partial charge in [0.15, 0.2) is 0 Å². The Morgan fingerprint density at radius 1 is 0.800 bits per heavy atom. The molecule has 0 radical (unpaired) electrons. The first-order valence-electron chi connectivity index (χ1n) is 5.22. The van der Waals surface area contributed by atoms with Gasteiger partial charge in [0, 0.05) is 0 Å². The summed E-state index contributed by atoms with van der Waals surface area (Å²) in [5.74, 6) is 0. The minimum absolute atomic E-state index is 0. The lowest BCUT2D eigenvalue weighted by Crippen LogP contribution is -1.76. The van der Waals surface area contributed by atoms with Gasteiger partial charge in [0.05, 0.1) is 0 Å². The molecule has 0 atom stereocenters. The van der Waals surface area contributed by atoms with Crippen molar-refractivity contribution in [1.29, 1.82) is 0 Å². The summed E-state index contributed by atoms with van der Waals surface area (Å²) in [4.78, 5) is 0. The highest BCUT2D eigenvalue weighted by Gasteiger charge is 1.89. The van der Waals surface area contributed by atoms with Crippen molar-refractivity contribution >= 4 is 12.2 Å². The van der Waals surface area contributed by atoms with E-state index in [4.69, 9.17) is 0 Å². The van der Waals surface area contributed by atoms with Crippen LogP contribution in [0, 0.1) is 0 Å². The molecule has 0 aliphatic heterocycles. The third-order valence-corrected chi connectivity index (χ3v) is 1.44. The molecule has 0 fully saturated rings. The Labute approximate surface area is 96.4 Å². The van der Waals surface area contributed by atoms with Crippen molar-refractivity contribution in [1.82, 2.24) is 0 Å². The molecule has 1 aromatic rings. The Kier molecular flexibility index (Phi) is 19.5. The van der Waals surface area contributed by atoms with Crippen LogP contribution in [0.5, 0.6) is 0 Å². The van der Waals surface area contributed by atoms with Crippen LogP contribution in [-0.4, -0.2) is 0 Å². The zero-order valence-electron chi connectivity index (χ0n) is 9.88. The van der Waals surface area contributed by atoms with Gasteiger partial charge < -0.3 is 0 Å². The van der Waals surface area contributed by atoms with Gasteiger partial charge in [-0.3, -0.25) is 0 Å². The molecule has 0 heteroatoms. The molecule has 0 aliphatic rings. The average Bonchev–Trinajstić information content (AvgIpc) is 2.34. The Morgan fingerprint density at radius 3 is 1.27 bits per heavy atom. The quantitative estimate of drug-likeness (QED) is 0.585. The summed E-state index contributed by atoms with van der Waals surface area (Å²) < 4.78 is 0. The maximum absolute atomic E-state index is 3.69. The maximum Gasteiger partial charge on any atom is -0.0190 e. The molecule has 0 amide bonds. The summed E-state index contributed by atoms with van der Waals surface area (Å²) in [6.45, 7) is 15.4. The fraction of sp³-hybridized carbons (Fsp3) is 0.333. The van der Waals surface area contributed by atoms with Gasteiger partial charge in [-0.15, -0.1) is 0 Å². The molecule has 0 spiro atoms. The van der Waals surface area contributed by atoms with Crippen LogP contribution in [0.15, 0.2) is 37.4 Å². The average molecular weight is 206 g/mol. The SMILES string of the molecule is C.C=Cc1ccccc1C=C.CC.CC. The summed E-state index contributed by atoms with van der Waals surface area (Å²) in [7, 11) is 0. The van der Waals surface area contributed by atoms with Gasteiger partial charge in [-0.25, -0.2) is 0 Å². The molecule has 0 bridgehead atoms. The lowest BCUT2D eigenvalue weighted by molar-refractivity contribution is 1.50. The minimum Gasteiger partial charge on any atom is -0.0984 e. The summed E-state index contributed by atoms with van der Waals surface area (Å²) in [5, 5.41) is 0. The van der Waals surface area contributed by atoms with Crippen molar-refractivity contribution in [2.75, 3.05) is 0 Å². The highest BCUT2D eigenvalue weighted by Crippen LogP contribution is 2.10. The standard InChI is InChI=1S/C10H10.2C2H6.CH4/c1-3-9-7-5-6-8-10(9)4-2;2*1-2;/h3-8H,1-2H2;2*1-2H3;1H4. The zero-order chi connectivity index (χ0) is 11.4. The first-order chi connectivity index (χ1) is 6.88. The van der Waals surface area contributed by atoms with E-state index in [0.29, 0.717) is 0 Å². The molecule has 0 saturated carbocycles. The van der Waals surface area contributed by atoms with Crippen molar-refractivity contribution in [2.24, 2.45) is 0 Å². The Balaban J connectivity index is -0.000000258. The second kappa shape index (κ2) is 15.2. The summed E-state index contributed by atoms with van der Waals surface area (Å²) in [5.41, 5.74) is 2.27. The molecule has 0 saturated heterocycles. The molecule has 1 rings (SSSR count). The fourth-order valence-electron chi connectivity index (χ4n) is 0.883. The molecular formula is C15H26. The zero-order valence-corrected chi connectivity index (χ0v) is 9.88. The van der Waals surface area contributed by atoms with E-state index >= 15 is 0 Å². The van der Waals surface area contributed by atoms with Crippen LogP contribution in [0.4, 0.5) is 0 Å². The number of hydrogen-bond acceptors (Lipinski definition) is 0. The molecule has 0 N–H and O–H groups in total. The monoisotopic (exact) mass is 206 g/mol. The second-order valence-corrected chi connectivity index (χ2v) is 2.04. The van der Waals surface area contributed by atoms with Gasteiger partial charge in [0.1, 0.15) is 0 Å². The van der Waals surface area contributed by atoms with Crippen LogP contribution in [0.25, 0.3) is 12.2 Å². The van der Waals surface area contributed by atoms with E-state index in [9.17, 15) is 0 Å². The van der Waals surface area contributed by atoms with Crippen LogP contribution in [0.3, 0.4) is 0 Å². The maximum atomic E-state index is 3.69. The van der Waals surface area contributed by atoms with E-state index in [0.717, 1.165) is 11.1 Å². The Bertz CT molecular complexity index is 219. The summed E-state index contributed by atoms with van der Waals surface area (Å²) in [6.07, 6.45) is 3.66. The number of hydrogen-bond donors (Lipinski definition) is 0. The molecule has 0 unspecified atom stereocenters. The van der Waals surface area contributed by atoms with E-state index in [1.807, 2.05) is 64.1 Å². The molecule has 15 heavy (non-hydrogen) atoms. The van der Waals surface area contributed by atoms with Crippen LogP contribution in [0.2, 0.25) is 0 Å². The van der Waals surface area contributed by atoms with Crippen LogP contribution < -0.4 is 0 Å². The largest absolute Gasteiger partial charge is 0.0984 e. The predicted molar refractivity (Wildman–Crippen MR) is 76.1 cm³/mol. The molecular weight excluding hydrogens is 180 g/mol. The Hall–Kier alpha value is -1.30. The van der Waals surface area contributed by atoms with Crippen molar-refractivity contribution in [3.63, 3.8) is 0 Å². The van der Waals surface area contributed by atoms with Gasteiger partial charge in [-0.1, -0.05) is 84.7 Å². The number of rotatable bonds is 2. The van der Waals surface area contributed by atoms with E-state index in [1.54, 1.807) is 0 Å². The van der Waals surface area contributed by atoms with Crippen LogP contribution in [-0.2, 0) is 0 Å². The third kappa shape index (κ3) is 7.75. The Morgan fingerprint density at radius 2 is 1.07 bits per heavy atom. The molecule has 1 aromatic carbocycles. The van der Waals surface area contributed by atoms with Gasteiger partial charge in [0.25, 0.3) is 0 Å². The van der Waals surface area contributed by atoms with Crippen molar-refractivity contribution in [3.05, 3.63) is 48.6 Å². The molecule has 0 nitrogen and oxygen atoms in total. The summed E-state index contributed by atoms with van der Waals surface area (Å²) >= 11 is 0. The second-order valence-electron chi connectivity index (χ2n) is 2.04. The lowest BCUT2D eigenvalue weighted by atomic mass is 10.1. The first-order valence-corrected chi connectivity index (χ1v) is 5.22. The highest BCUT2D eigenvalue weighted by atomic mass is 13.9. The van der Waals surface area contributed by atoms with Crippen LogP contribution in [0.1, 0.15) is 46.2 Å². The lowest BCUT2D eigenvalue weighted by Gasteiger charge is -1.96. The molecule has 0 aromatic heterocycles. The van der Waals surface area contributed by atoms with E-state index in [1.165, 1.54) is 0 Å². The van der Waals surface area contributed by atoms with Gasteiger partial charge in [0.2, 0.25) is 0 Å².